The molecule has 0 saturated carbocycles. The van der Waals surface area contributed by atoms with Gasteiger partial charge in [0.15, 0.2) is 0 Å². The van der Waals surface area contributed by atoms with Gasteiger partial charge in [0.1, 0.15) is 28.8 Å². The predicted octanol–water partition coefficient (Wildman–Crippen LogP) is 6.08. The van der Waals surface area contributed by atoms with Crippen LogP contribution in [0.15, 0.2) is 79.0 Å². The molecule has 0 fully saturated rings. The molecule has 0 aliphatic rings. The molecule has 196 valence electrons. The highest BCUT2D eigenvalue weighted by atomic mass is 19.3. The largest absolute Gasteiger partial charge is 0.497 e. The summed E-state index contributed by atoms with van der Waals surface area (Å²) >= 11 is 0. The number of anilines is 3. The SMILES string of the molecule is COc1ccc(CN(Cc2ccc(OC)cc2)c2cc(C(=O)O)c(Nc3cccc(C(F)F)n3)cn2)cc1. The van der Waals surface area contributed by atoms with Gasteiger partial charge in [0.25, 0.3) is 6.43 Å². The van der Waals surface area contributed by atoms with Gasteiger partial charge >= 0.3 is 5.97 Å². The zero-order valence-corrected chi connectivity index (χ0v) is 20.8. The Balaban J connectivity index is 1.67. The summed E-state index contributed by atoms with van der Waals surface area (Å²) in [5.74, 6) is 0.764. The average molecular weight is 521 g/mol. The second-order valence-electron chi connectivity index (χ2n) is 8.32. The van der Waals surface area contributed by atoms with E-state index >= 15 is 0 Å². The smallest absolute Gasteiger partial charge is 0.338 e. The predicted molar refractivity (Wildman–Crippen MR) is 140 cm³/mol. The van der Waals surface area contributed by atoms with E-state index in [1.807, 2.05) is 53.4 Å². The number of benzene rings is 2. The number of hydrogen-bond donors (Lipinski definition) is 2. The van der Waals surface area contributed by atoms with Gasteiger partial charge in [-0.25, -0.2) is 23.5 Å². The molecule has 0 aliphatic heterocycles. The van der Waals surface area contributed by atoms with Crippen LogP contribution in [0.5, 0.6) is 11.5 Å². The number of nitrogens with zero attached hydrogens (tertiary/aromatic N) is 3. The molecular formula is C28H26F2N4O4. The lowest BCUT2D eigenvalue weighted by Crippen LogP contribution is -2.23. The number of aromatic carboxylic acids is 1. The Kier molecular flexibility index (Phi) is 8.32. The van der Waals surface area contributed by atoms with Crippen LogP contribution in [-0.2, 0) is 13.1 Å². The van der Waals surface area contributed by atoms with E-state index in [0.717, 1.165) is 22.6 Å². The molecule has 2 heterocycles. The standard InChI is InChI=1S/C28H26F2N4O4/c1-37-20-10-6-18(7-11-20)16-34(17-19-8-12-21(38-2)13-9-19)26-14-22(28(35)36)24(15-31-26)33-25-5-3-4-23(32-25)27(29)30/h3-15,27H,16-17H2,1-2H3,(H,32,33)(H,35,36). The highest BCUT2D eigenvalue weighted by molar-refractivity contribution is 5.95. The lowest BCUT2D eigenvalue weighted by atomic mass is 10.1. The van der Waals surface area contributed by atoms with E-state index in [-0.39, 0.29) is 17.1 Å². The Morgan fingerprint density at radius 2 is 1.53 bits per heavy atom. The van der Waals surface area contributed by atoms with Crippen molar-refractivity contribution in [2.75, 3.05) is 24.4 Å². The van der Waals surface area contributed by atoms with Gasteiger partial charge < -0.3 is 24.8 Å². The molecule has 2 aromatic heterocycles. The third kappa shape index (κ3) is 6.52. The van der Waals surface area contributed by atoms with Crippen LogP contribution in [0.4, 0.5) is 26.1 Å². The quantitative estimate of drug-likeness (QED) is 0.246. The summed E-state index contributed by atoms with van der Waals surface area (Å²) in [7, 11) is 3.19. The number of carbonyl (C=O) groups is 1. The Bertz CT molecular complexity index is 1330. The summed E-state index contributed by atoms with van der Waals surface area (Å²) in [4.78, 5) is 22.5. The molecule has 10 heteroatoms. The molecular weight excluding hydrogens is 494 g/mol. The Morgan fingerprint density at radius 3 is 2.03 bits per heavy atom. The normalized spacial score (nSPS) is 10.8. The fourth-order valence-corrected chi connectivity index (χ4v) is 3.79. The fraction of sp³-hybridized carbons (Fsp3) is 0.179. The molecule has 0 bridgehead atoms. The first-order chi connectivity index (χ1) is 18.4. The van der Waals surface area contributed by atoms with Crippen LogP contribution in [0, 0.1) is 0 Å². The maximum absolute atomic E-state index is 13.1. The molecule has 0 spiro atoms. The van der Waals surface area contributed by atoms with Crippen molar-refractivity contribution in [2.45, 2.75) is 19.5 Å². The number of carboxylic acids is 1. The summed E-state index contributed by atoms with van der Waals surface area (Å²) in [5.41, 5.74) is 1.57. The number of alkyl halides is 2. The molecule has 0 atom stereocenters. The van der Waals surface area contributed by atoms with E-state index in [9.17, 15) is 18.7 Å². The van der Waals surface area contributed by atoms with E-state index < -0.39 is 18.1 Å². The van der Waals surface area contributed by atoms with E-state index in [2.05, 4.69) is 15.3 Å². The molecule has 4 aromatic rings. The van der Waals surface area contributed by atoms with Crippen LogP contribution in [0.25, 0.3) is 0 Å². The van der Waals surface area contributed by atoms with Crippen molar-refractivity contribution in [3.05, 3.63) is 101 Å². The number of carboxylic acid groups (broad SMARTS) is 1. The molecule has 0 unspecified atom stereocenters. The lowest BCUT2D eigenvalue weighted by molar-refractivity contribution is 0.0698. The Hall–Kier alpha value is -4.73. The van der Waals surface area contributed by atoms with Crippen molar-refractivity contribution in [3.63, 3.8) is 0 Å². The first-order valence-corrected chi connectivity index (χ1v) is 11.6. The summed E-state index contributed by atoms with van der Waals surface area (Å²) in [5, 5.41) is 12.7. The van der Waals surface area contributed by atoms with Gasteiger partial charge in [0.2, 0.25) is 0 Å². The summed E-state index contributed by atoms with van der Waals surface area (Å²) < 4.78 is 36.6. The second-order valence-corrected chi connectivity index (χ2v) is 8.32. The van der Waals surface area contributed by atoms with Crippen LogP contribution in [-0.4, -0.2) is 35.3 Å². The van der Waals surface area contributed by atoms with Crippen molar-refractivity contribution in [3.8, 4) is 11.5 Å². The fourth-order valence-electron chi connectivity index (χ4n) is 3.79. The van der Waals surface area contributed by atoms with E-state index in [0.29, 0.717) is 18.9 Å². The highest BCUT2D eigenvalue weighted by Crippen LogP contribution is 2.27. The molecule has 2 aromatic carbocycles. The number of aromatic nitrogens is 2. The van der Waals surface area contributed by atoms with Gasteiger partial charge in [-0.3, -0.25) is 0 Å². The topological polar surface area (TPSA) is 96.8 Å². The maximum atomic E-state index is 13.1. The van der Waals surface area contributed by atoms with Crippen molar-refractivity contribution in [1.82, 2.24) is 9.97 Å². The third-order valence-corrected chi connectivity index (χ3v) is 5.77. The van der Waals surface area contributed by atoms with Crippen molar-refractivity contribution in [1.29, 1.82) is 0 Å². The van der Waals surface area contributed by atoms with Crippen LogP contribution in [0.1, 0.15) is 33.6 Å². The number of ether oxygens (including phenoxy) is 2. The molecule has 38 heavy (non-hydrogen) atoms. The second kappa shape index (κ2) is 12.0. The number of halogens is 2. The number of rotatable bonds is 11. The molecule has 8 nitrogen and oxygen atoms in total. The van der Waals surface area contributed by atoms with Gasteiger partial charge in [-0.1, -0.05) is 30.3 Å². The van der Waals surface area contributed by atoms with Gasteiger partial charge in [0.05, 0.1) is 31.7 Å². The minimum Gasteiger partial charge on any atom is -0.497 e. The Labute approximate surface area is 218 Å². The highest BCUT2D eigenvalue weighted by Gasteiger charge is 2.18. The minimum absolute atomic E-state index is 0.0753. The molecule has 0 amide bonds. The maximum Gasteiger partial charge on any atom is 0.338 e. The van der Waals surface area contributed by atoms with Gasteiger partial charge in [-0.2, -0.15) is 0 Å². The number of hydrogen-bond acceptors (Lipinski definition) is 7. The van der Waals surface area contributed by atoms with E-state index in [1.165, 1.54) is 30.5 Å². The van der Waals surface area contributed by atoms with Crippen LogP contribution < -0.4 is 19.7 Å². The summed E-state index contributed by atoms with van der Waals surface area (Å²) in [6, 6.07) is 20.7. The van der Waals surface area contributed by atoms with Crippen LogP contribution in [0.2, 0.25) is 0 Å². The van der Waals surface area contributed by atoms with Crippen LogP contribution in [0.3, 0.4) is 0 Å². The van der Waals surface area contributed by atoms with Crippen molar-refractivity contribution >= 4 is 23.3 Å². The van der Waals surface area contributed by atoms with E-state index in [4.69, 9.17) is 9.47 Å². The zero-order valence-electron chi connectivity index (χ0n) is 20.8. The zero-order chi connectivity index (χ0) is 27.1. The average Bonchev–Trinajstić information content (AvgIpc) is 2.93. The molecule has 0 saturated heterocycles. The first-order valence-electron chi connectivity index (χ1n) is 11.6. The monoisotopic (exact) mass is 520 g/mol. The minimum atomic E-state index is -2.75. The van der Waals surface area contributed by atoms with Gasteiger partial charge in [-0.15, -0.1) is 0 Å². The first kappa shape index (κ1) is 26.3. The van der Waals surface area contributed by atoms with Crippen LogP contribution >= 0.6 is 0 Å². The molecule has 0 radical (unpaired) electrons. The number of nitrogens with one attached hydrogen (secondary N) is 1. The van der Waals surface area contributed by atoms with Gasteiger partial charge in [0, 0.05) is 13.1 Å². The molecule has 2 N–H and O–H groups in total. The molecule has 4 rings (SSSR count). The lowest BCUT2D eigenvalue weighted by Gasteiger charge is -2.25. The number of pyridine rings is 2. The van der Waals surface area contributed by atoms with Crippen molar-refractivity contribution < 1.29 is 28.2 Å². The van der Waals surface area contributed by atoms with Gasteiger partial charge in [-0.05, 0) is 53.6 Å². The Morgan fingerprint density at radius 1 is 0.947 bits per heavy atom. The third-order valence-electron chi connectivity index (χ3n) is 5.77. The van der Waals surface area contributed by atoms with E-state index in [1.54, 1.807) is 14.2 Å². The van der Waals surface area contributed by atoms with Crippen molar-refractivity contribution in [2.24, 2.45) is 0 Å². The molecule has 0 aliphatic carbocycles. The summed E-state index contributed by atoms with van der Waals surface area (Å²) in [6.45, 7) is 0.875. The summed E-state index contributed by atoms with van der Waals surface area (Å²) in [6.07, 6.45) is -1.38. The number of methoxy groups -OCH3 is 2.